The van der Waals surface area contributed by atoms with E-state index in [1.54, 1.807) is 6.92 Å². The van der Waals surface area contributed by atoms with Crippen LogP contribution in [0.15, 0.2) is 18.2 Å². The van der Waals surface area contributed by atoms with Crippen molar-refractivity contribution in [2.75, 3.05) is 0 Å². The Kier molecular flexibility index (Phi) is 4.25. The van der Waals surface area contributed by atoms with E-state index in [1.165, 1.54) is 12.1 Å². The quantitative estimate of drug-likeness (QED) is 0.361. The van der Waals surface area contributed by atoms with Crippen molar-refractivity contribution in [3.63, 3.8) is 0 Å². The van der Waals surface area contributed by atoms with E-state index in [0.717, 1.165) is 18.9 Å². The molecule has 4 unspecified atom stereocenters. The average molecular weight is 350 g/mol. The normalized spacial score (nSPS) is 29.4. The summed E-state index contributed by atoms with van der Waals surface area (Å²) in [5, 5.41) is 11.3. The molecule has 7 heteroatoms. The minimum atomic E-state index is -1.43. The van der Waals surface area contributed by atoms with Crippen molar-refractivity contribution in [2.45, 2.75) is 26.2 Å². The molecule has 0 spiro atoms. The Hall–Kier alpha value is -2.08. The molecule has 0 N–H and O–H groups in total. The number of carbonyl (C=O) groups excluding carboxylic acids is 3. The Morgan fingerprint density at radius 3 is 2.62 bits per heavy atom. The van der Waals surface area contributed by atoms with Gasteiger partial charge < -0.3 is 0 Å². The zero-order chi connectivity index (χ0) is 17.6. The van der Waals surface area contributed by atoms with E-state index in [0.29, 0.717) is 6.42 Å². The van der Waals surface area contributed by atoms with Gasteiger partial charge in [-0.1, -0.05) is 24.9 Å². The first-order valence-electron chi connectivity index (χ1n) is 7.88. The van der Waals surface area contributed by atoms with E-state index in [9.17, 15) is 24.5 Å². The minimum absolute atomic E-state index is 0.00532. The monoisotopic (exact) mass is 349 g/mol. The highest BCUT2D eigenvalue weighted by Crippen LogP contribution is 2.45. The van der Waals surface area contributed by atoms with Gasteiger partial charge in [-0.3, -0.25) is 24.5 Å². The summed E-state index contributed by atoms with van der Waals surface area (Å²) >= 11 is 5.76. The Morgan fingerprint density at radius 2 is 1.96 bits per heavy atom. The summed E-state index contributed by atoms with van der Waals surface area (Å²) in [6, 6.07) is 3.63. The molecule has 1 aromatic carbocycles. The van der Waals surface area contributed by atoms with E-state index >= 15 is 0 Å². The third-order valence-corrected chi connectivity index (χ3v) is 5.51. The molecule has 4 atom stereocenters. The zero-order valence-corrected chi connectivity index (χ0v) is 13.8. The summed E-state index contributed by atoms with van der Waals surface area (Å²) in [6.07, 6.45) is 2.35. The number of rotatable bonds is 3. The number of fused-ring (bicyclic) bond motifs is 1. The minimum Gasteiger partial charge on any atom is -0.298 e. The van der Waals surface area contributed by atoms with Gasteiger partial charge in [0.05, 0.1) is 10.5 Å². The molecule has 1 aromatic rings. The molecule has 0 aromatic heterocycles. The lowest BCUT2D eigenvalue weighted by Crippen LogP contribution is -2.47. The molecule has 6 nitrogen and oxygen atoms in total. The van der Waals surface area contributed by atoms with Crippen LogP contribution in [0, 0.1) is 33.8 Å². The second-order valence-corrected chi connectivity index (χ2v) is 6.95. The molecular weight excluding hydrogens is 334 g/mol. The molecule has 2 aliphatic rings. The number of hydrogen-bond donors (Lipinski definition) is 0. The highest BCUT2D eigenvalue weighted by atomic mass is 35.5. The van der Waals surface area contributed by atoms with Crippen molar-refractivity contribution in [2.24, 2.45) is 23.7 Å². The van der Waals surface area contributed by atoms with Gasteiger partial charge in [-0.15, -0.1) is 0 Å². The summed E-state index contributed by atoms with van der Waals surface area (Å²) in [6.45, 7) is 1.74. The van der Waals surface area contributed by atoms with Gasteiger partial charge in [-0.2, -0.15) is 0 Å². The van der Waals surface area contributed by atoms with Crippen LogP contribution in [0.4, 0.5) is 5.69 Å². The van der Waals surface area contributed by atoms with Gasteiger partial charge in [0.1, 0.15) is 5.92 Å². The van der Waals surface area contributed by atoms with Crippen molar-refractivity contribution >= 4 is 34.6 Å². The maximum Gasteiger partial charge on any atom is 0.281 e. The first-order chi connectivity index (χ1) is 11.3. The summed E-state index contributed by atoms with van der Waals surface area (Å²) in [5.74, 6) is -3.69. The molecule has 0 saturated heterocycles. The largest absolute Gasteiger partial charge is 0.298 e. The second kappa shape index (κ2) is 6.09. The van der Waals surface area contributed by atoms with Gasteiger partial charge in [0.25, 0.3) is 5.69 Å². The summed E-state index contributed by atoms with van der Waals surface area (Å²) in [5.41, 5.74) is -0.714. The van der Waals surface area contributed by atoms with Gasteiger partial charge in [-0.25, -0.2) is 0 Å². The number of benzene rings is 1. The Bertz CT molecular complexity index is 759. The van der Waals surface area contributed by atoms with Crippen LogP contribution in [0.5, 0.6) is 0 Å². The van der Waals surface area contributed by atoms with Gasteiger partial charge in [0, 0.05) is 22.9 Å². The number of nitro groups is 1. The fourth-order valence-electron chi connectivity index (χ4n) is 4.05. The van der Waals surface area contributed by atoms with Crippen LogP contribution in [0.1, 0.15) is 36.5 Å². The fraction of sp³-hybridized carbons (Fsp3) is 0.471. The van der Waals surface area contributed by atoms with Crippen molar-refractivity contribution in [3.05, 3.63) is 38.9 Å². The molecular formula is C17H16ClNO5. The number of nitro benzene ring substituents is 1. The van der Waals surface area contributed by atoms with Crippen molar-refractivity contribution in [1.29, 1.82) is 0 Å². The molecule has 126 valence electrons. The molecule has 0 radical (unpaired) electrons. The van der Waals surface area contributed by atoms with Crippen LogP contribution in [0.2, 0.25) is 5.02 Å². The van der Waals surface area contributed by atoms with Crippen LogP contribution >= 0.6 is 11.6 Å². The zero-order valence-electron chi connectivity index (χ0n) is 13.0. The lowest BCUT2D eigenvalue weighted by molar-refractivity contribution is -0.385. The first kappa shape index (κ1) is 16.8. The highest BCUT2D eigenvalue weighted by molar-refractivity contribution is 6.31. The van der Waals surface area contributed by atoms with E-state index in [2.05, 4.69) is 0 Å². The van der Waals surface area contributed by atoms with Crippen molar-refractivity contribution in [3.8, 4) is 0 Å². The topological polar surface area (TPSA) is 94.3 Å². The fourth-order valence-corrected chi connectivity index (χ4v) is 4.21. The van der Waals surface area contributed by atoms with Crippen LogP contribution in [0.3, 0.4) is 0 Å². The van der Waals surface area contributed by atoms with Crippen LogP contribution in [0.25, 0.3) is 0 Å². The molecule has 0 bridgehead atoms. The number of nitrogens with zero attached hydrogens (tertiary/aromatic N) is 1. The summed E-state index contributed by atoms with van der Waals surface area (Å²) in [4.78, 5) is 48.6. The maximum atomic E-state index is 12.8. The van der Waals surface area contributed by atoms with E-state index < -0.39 is 28.1 Å². The standard InChI is InChI=1S/C17H16ClNO5/c1-8-10-3-2-4-11(10)16(21)14(15(8)20)17(22)12-6-5-9(18)7-13(12)19(23)24/h5-8,10-11,14H,2-4H2,1H3. The highest BCUT2D eigenvalue weighted by Gasteiger charge is 2.52. The Labute approximate surface area is 143 Å². The number of halogens is 1. The predicted molar refractivity (Wildman–Crippen MR) is 85.9 cm³/mol. The first-order valence-corrected chi connectivity index (χ1v) is 8.26. The van der Waals surface area contributed by atoms with E-state index in [1.807, 2.05) is 0 Å². The SMILES string of the molecule is CC1C(=O)C(C(=O)c2ccc(Cl)cc2[N+](=O)[O-])C(=O)C2CCCC12. The van der Waals surface area contributed by atoms with E-state index in [-0.39, 0.29) is 34.1 Å². The second-order valence-electron chi connectivity index (χ2n) is 6.51. The Morgan fingerprint density at radius 1 is 1.25 bits per heavy atom. The van der Waals surface area contributed by atoms with Gasteiger partial charge in [0.15, 0.2) is 17.3 Å². The lowest BCUT2D eigenvalue weighted by atomic mass is 9.66. The molecule has 2 fully saturated rings. The number of hydrogen-bond acceptors (Lipinski definition) is 5. The van der Waals surface area contributed by atoms with Gasteiger partial charge >= 0.3 is 0 Å². The van der Waals surface area contributed by atoms with Crippen LogP contribution < -0.4 is 0 Å². The Balaban J connectivity index is 2.02. The average Bonchev–Trinajstić information content (AvgIpc) is 3.02. The van der Waals surface area contributed by atoms with E-state index in [4.69, 9.17) is 11.6 Å². The van der Waals surface area contributed by atoms with Gasteiger partial charge in [0.2, 0.25) is 0 Å². The maximum absolute atomic E-state index is 12.8. The van der Waals surface area contributed by atoms with Crippen molar-refractivity contribution < 1.29 is 19.3 Å². The summed E-state index contributed by atoms with van der Waals surface area (Å²) < 4.78 is 0. The molecule has 0 amide bonds. The molecule has 3 rings (SSSR count). The van der Waals surface area contributed by atoms with Crippen LogP contribution in [-0.2, 0) is 9.59 Å². The number of Topliss-reactive ketones (excluding diaryl/α,β-unsaturated/α-hetero) is 3. The smallest absolute Gasteiger partial charge is 0.281 e. The van der Waals surface area contributed by atoms with Crippen molar-refractivity contribution in [1.82, 2.24) is 0 Å². The third-order valence-electron chi connectivity index (χ3n) is 5.28. The molecule has 0 aliphatic heterocycles. The van der Waals surface area contributed by atoms with Gasteiger partial charge in [-0.05, 0) is 30.9 Å². The molecule has 0 heterocycles. The predicted octanol–water partition coefficient (Wildman–Crippen LogP) is 3.25. The molecule has 2 aliphatic carbocycles. The third kappa shape index (κ3) is 2.55. The number of carbonyl (C=O) groups is 3. The van der Waals surface area contributed by atoms with Crippen LogP contribution in [-0.4, -0.2) is 22.3 Å². The number of ketones is 3. The molecule has 24 heavy (non-hydrogen) atoms. The lowest BCUT2D eigenvalue weighted by Gasteiger charge is -2.33. The molecule has 2 saturated carbocycles. The summed E-state index contributed by atoms with van der Waals surface area (Å²) in [7, 11) is 0.